The lowest BCUT2D eigenvalue weighted by Gasteiger charge is -2.21. The SMILES string of the molecule is CNC(C)Cc1noc(C2CCCN2S(=O)(=O)c2cccc([N+](=O)[O-])c2)n1.Cl. The van der Waals surface area contributed by atoms with Crippen molar-refractivity contribution in [1.29, 1.82) is 0 Å². The summed E-state index contributed by atoms with van der Waals surface area (Å²) in [6.07, 6.45) is 1.76. The van der Waals surface area contributed by atoms with E-state index in [0.717, 1.165) is 6.07 Å². The van der Waals surface area contributed by atoms with Crippen LogP contribution in [0, 0.1) is 10.1 Å². The van der Waals surface area contributed by atoms with Crippen LogP contribution in [0.3, 0.4) is 0 Å². The smallest absolute Gasteiger partial charge is 0.270 e. The fourth-order valence-corrected chi connectivity index (χ4v) is 4.72. The van der Waals surface area contributed by atoms with Crippen LogP contribution >= 0.6 is 12.4 Å². The number of aromatic nitrogens is 2. The number of benzene rings is 1. The monoisotopic (exact) mass is 431 g/mol. The summed E-state index contributed by atoms with van der Waals surface area (Å²) in [5.41, 5.74) is -0.270. The molecule has 2 unspecified atom stereocenters. The highest BCUT2D eigenvalue weighted by molar-refractivity contribution is 7.89. The molecule has 2 aromatic rings. The zero-order valence-electron chi connectivity index (χ0n) is 15.4. The van der Waals surface area contributed by atoms with E-state index in [-0.39, 0.29) is 34.9 Å². The molecule has 28 heavy (non-hydrogen) atoms. The molecule has 3 rings (SSSR count). The normalized spacial score (nSPS) is 18.6. The molecule has 1 aromatic heterocycles. The number of sulfonamides is 1. The minimum atomic E-state index is -3.92. The Morgan fingerprint density at radius 3 is 2.89 bits per heavy atom. The van der Waals surface area contributed by atoms with Crippen molar-refractivity contribution in [3.05, 3.63) is 46.1 Å². The molecule has 1 N–H and O–H groups in total. The van der Waals surface area contributed by atoms with E-state index in [9.17, 15) is 18.5 Å². The van der Waals surface area contributed by atoms with Crippen LogP contribution in [0.2, 0.25) is 0 Å². The van der Waals surface area contributed by atoms with Crippen molar-refractivity contribution < 1.29 is 17.9 Å². The molecule has 0 radical (unpaired) electrons. The van der Waals surface area contributed by atoms with Gasteiger partial charge < -0.3 is 9.84 Å². The second-order valence-electron chi connectivity index (χ2n) is 6.47. The van der Waals surface area contributed by atoms with Gasteiger partial charge in [-0.1, -0.05) is 11.2 Å². The number of nitrogens with one attached hydrogen (secondary N) is 1. The summed E-state index contributed by atoms with van der Waals surface area (Å²) in [4.78, 5) is 14.6. The molecule has 0 aliphatic carbocycles. The number of rotatable bonds is 7. The van der Waals surface area contributed by atoms with Gasteiger partial charge in [0, 0.05) is 31.1 Å². The van der Waals surface area contributed by atoms with Gasteiger partial charge in [-0.15, -0.1) is 12.4 Å². The summed E-state index contributed by atoms with van der Waals surface area (Å²) in [5, 5.41) is 18.0. The van der Waals surface area contributed by atoms with Crippen LogP contribution in [0.25, 0.3) is 0 Å². The van der Waals surface area contributed by atoms with Crippen LogP contribution in [0.5, 0.6) is 0 Å². The van der Waals surface area contributed by atoms with Crippen molar-refractivity contribution in [2.24, 2.45) is 0 Å². The first-order chi connectivity index (χ1) is 12.8. The topological polar surface area (TPSA) is 131 Å². The first-order valence-electron chi connectivity index (χ1n) is 8.59. The van der Waals surface area contributed by atoms with E-state index in [1.54, 1.807) is 0 Å². The average Bonchev–Trinajstić information content (AvgIpc) is 3.31. The van der Waals surface area contributed by atoms with Gasteiger partial charge in [0.15, 0.2) is 5.82 Å². The molecule has 1 fully saturated rings. The molecular formula is C16H22ClN5O5S. The predicted molar refractivity (Wildman–Crippen MR) is 103 cm³/mol. The molecule has 0 amide bonds. The van der Waals surface area contributed by atoms with Crippen LogP contribution < -0.4 is 5.32 Å². The van der Waals surface area contributed by atoms with Gasteiger partial charge in [0.25, 0.3) is 5.69 Å². The third kappa shape index (κ3) is 4.49. The zero-order valence-corrected chi connectivity index (χ0v) is 17.1. The van der Waals surface area contributed by atoms with Crippen LogP contribution in [-0.4, -0.2) is 47.4 Å². The van der Waals surface area contributed by atoms with Crippen LogP contribution in [0.15, 0.2) is 33.7 Å². The standard InChI is InChI=1S/C16H21N5O5S.ClH/c1-11(17-2)9-15-18-16(26-19-15)14-7-4-8-20(14)27(24,25)13-6-3-5-12(10-13)21(22)23;/h3,5-6,10-11,14,17H,4,7-9H2,1-2H3;1H. The first kappa shape index (κ1) is 22.2. The largest absolute Gasteiger partial charge is 0.338 e. The van der Waals surface area contributed by atoms with E-state index >= 15 is 0 Å². The van der Waals surface area contributed by atoms with E-state index in [1.807, 2.05) is 14.0 Å². The number of likely N-dealkylation sites (N-methyl/N-ethyl adjacent to an activating group) is 1. The van der Waals surface area contributed by atoms with Gasteiger partial charge in [-0.05, 0) is 32.9 Å². The lowest BCUT2D eigenvalue weighted by Crippen LogP contribution is -2.31. The molecule has 1 aliphatic rings. The van der Waals surface area contributed by atoms with Crippen LogP contribution in [0.1, 0.15) is 37.5 Å². The maximum Gasteiger partial charge on any atom is 0.270 e. The molecule has 0 spiro atoms. The van der Waals surface area contributed by atoms with Gasteiger partial charge in [0.2, 0.25) is 15.9 Å². The third-order valence-corrected chi connectivity index (χ3v) is 6.49. The van der Waals surface area contributed by atoms with E-state index in [0.29, 0.717) is 31.6 Å². The number of nitrogens with zero attached hydrogens (tertiary/aromatic N) is 4. The summed E-state index contributed by atoms with van der Waals surface area (Å²) in [6.45, 7) is 2.27. The minimum Gasteiger partial charge on any atom is -0.338 e. The van der Waals surface area contributed by atoms with Gasteiger partial charge in [-0.2, -0.15) is 9.29 Å². The molecule has 2 atom stereocenters. The molecule has 1 aliphatic heterocycles. The number of non-ortho nitro benzene ring substituents is 1. The molecule has 0 saturated carbocycles. The summed E-state index contributed by atoms with van der Waals surface area (Å²) in [7, 11) is -2.09. The van der Waals surface area contributed by atoms with Crippen molar-refractivity contribution in [1.82, 2.24) is 19.8 Å². The van der Waals surface area contributed by atoms with Crippen molar-refractivity contribution in [2.45, 2.75) is 43.2 Å². The third-order valence-electron chi connectivity index (χ3n) is 4.59. The molecule has 154 valence electrons. The maximum absolute atomic E-state index is 13.0. The van der Waals surface area contributed by atoms with Crippen molar-refractivity contribution >= 4 is 28.1 Å². The van der Waals surface area contributed by atoms with Gasteiger partial charge in [0.05, 0.1) is 9.82 Å². The number of hydrogen-bond acceptors (Lipinski definition) is 8. The Hall–Kier alpha value is -2.08. The Balaban J connectivity index is 0.00000280. The molecular weight excluding hydrogens is 410 g/mol. The molecule has 1 aromatic carbocycles. The number of halogens is 1. The zero-order chi connectivity index (χ0) is 19.6. The summed E-state index contributed by atoms with van der Waals surface area (Å²) >= 11 is 0. The molecule has 1 saturated heterocycles. The van der Waals surface area contributed by atoms with Gasteiger partial charge in [-0.3, -0.25) is 10.1 Å². The van der Waals surface area contributed by atoms with Gasteiger partial charge in [0.1, 0.15) is 6.04 Å². The molecule has 12 heteroatoms. The average molecular weight is 432 g/mol. The molecule has 10 nitrogen and oxygen atoms in total. The van der Waals surface area contributed by atoms with Crippen LogP contribution in [0.4, 0.5) is 5.69 Å². The Morgan fingerprint density at radius 1 is 1.46 bits per heavy atom. The van der Waals surface area contributed by atoms with E-state index in [2.05, 4.69) is 15.5 Å². The fraction of sp³-hybridized carbons (Fsp3) is 0.500. The summed E-state index contributed by atoms with van der Waals surface area (Å²) in [6, 6.07) is 4.63. The Morgan fingerprint density at radius 2 is 2.21 bits per heavy atom. The number of nitro benzene ring substituents is 1. The maximum atomic E-state index is 13.0. The van der Waals surface area contributed by atoms with Gasteiger partial charge in [-0.25, -0.2) is 8.42 Å². The van der Waals surface area contributed by atoms with E-state index in [4.69, 9.17) is 4.52 Å². The minimum absolute atomic E-state index is 0. The molecule has 0 bridgehead atoms. The van der Waals surface area contributed by atoms with E-state index < -0.39 is 21.0 Å². The van der Waals surface area contributed by atoms with E-state index in [1.165, 1.54) is 22.5 Å². The fourth-order valence-electron chi connectivity index (χ4n) is 3.03. The quantitative estimate of drug-likeness (QED) is 0.520. The van der Waals surface area contributed by atoms with Crippen molar-refractivity contribution in [3.63, 3.8) is 0 Å². The number of hydrogen-bond donors (Lipinski definition) is 1. The lowest BCUT2D eigenvalue weighted by molar-refractivity contribution is -0.385. The number of nitro groups is 1. The highest BCUT2D eigenvalue weighted by atomic mass is 35.5. The second kappa shape index (κ2) is 8.95. The van der Waals surface area contributed by atoms with Crippen LogP contribution in [-0.2, 0) is 16.4 Å². The highest BCUT2D eigenvalue weighted by Gasteiger charge is 2.39. The summed E-state index contributed by atoms with van der Waals surface area (Å²) < 4.78 is 32.7. The Labute approximate surface area is 168 Å². The first-order valence-corrected chi connectivity index (χ1v) is 10.0. The van der Waals surface area contributed by atoms with Crippen molar-refractivity contribution in [3.8, 4) is 0 Å². The van der Waals surface area contributed by atoms with Crippen molar-refractivity contribution in [2.75, 3.05) is 13.6 Å². The molecule has 2 heterocycles. The van der Waals surface area contributed by atoms with Gasteiger partial charge >= 0.3 is 0 Å². The summed E-state index contributed by atoms with van der Waals surface area (Å²) in [5.74, 6) is 0.756. The predicted octanol–water partition coefficient (Wildman–Crippen LogP) is 2.08. The lowest BCUT2D eigenvalue weighted by atomic mass is 10.2. The highest BCUT2D eigenvalue weighted by Crippen LogP contribution is 2.36. The Kier molecular flexibility index (Phi) is 7.10. The Bertz CT molecular complexity index is 935. The second-order valence-corrected chi connectivity index (χ2v) is 8.36.